The quantitative estimate of drug-likeness (QED) is 0.445. The fourth-order valence-corrected chi connectivity index (χ4v) is 4.27. The van der Waals surface area contributed by atoms with Crippen LogP contribution in [-0.4, -0.2) is 34.9 Å². The van der Waals surface area contributed by atoms with Gasteiger partial charge in [-0.1, -0.05) is 41.6 Å². The topological polar surface area (TPSA) is 73.2 Å². The van der Waals surface area contributed by atoms with Gasteiger partial charge in [0, 0.05) is 18.7 Å². The Kier molecular flexibility index (Phi) is 6.89. The largest absolute Gasteiger partial charge is 0.383 e. The molecular weight excluding hydrogens is 406 g/mol. The number of fused-ring (bicyclic) bond motifs is 1. The van der Waals surface area contributed by atoms with E-state index in [-0.39, 0.29) is 17.2 Å². The molecule has 1 amide bonds. The van der Waals surface area contributed by atoms with Crippen molar-refractivity contribution in [1.82, 2.24) is 14.9 Å². The van der Waals surface area contributed by atoms with E-state index in [9.17, 15) is 9.59 Å². The number of amides is 1. The van der Waals surface area contributed by atoms with Gasteiger partial charge in [-0.15, -0.1) is 11.3 Å². The van der Waals surface area contributed by atoms with Gasteiger partial charge in [0.2, 0.25) is 5.91 Å². The summed E-state index contributed by atoms with van der Waals surface area (Å²) in [6.07, 6.45) is 0. The second-order valence-corrected chi connectivity index (χ2v) is 7.90. The van der Waals surface area contributed by atoms with Gasteiger partial charge in [-0.25, -0.2) is 4.98 Å². The second-order valence-electron chi connectivity index (χ2n) is 5.64. The second kappa shape index (κ2) is 9.36. The number of aromatic nitrogens is 2. The Morgan fingerprint density at radius 2 is 2.19 bits per heavy atom. The number of benzene rings is 1. The van der Waals surface area contributed by atoms with Gasteiger partial charge in [0.15, 0.2) is 5.16 Å². The highest BCUT2D eigenvalue weighted by Gasteiger charge is 2.14. The summed E-state index contributed by atoms with van der Waals surface area (Å²) in [6.45, 7) is 1.14. The number of nitrogens with one attached hydrogen (secondary N) is 1. The molecule has 0 unspecified atom stereocenters. The Morgan fingerprint density at radius 1 is 1.37 bits per heavy atom. The third-order valence-electron chi connectivity index (χ3n) is 3.82. The van der Waals surface area contributed by atoms with Crippen molar-refractivity contribution in [3.05, 3.63) is 56.7 Å². The van der Waals surface area contributed by atoms with Gasteiger partial charge in [-0.2, -0.15) is 0 Å². The Labute approximate surface area is 169 Å². The molecule has 9 heteroatoms. The summed E-state index contributed by atoms with van der Waals surface area (Å²) in [5, 5.41) is 5.80. The minimum atomic E-state index is -0.155. The smallest absolute Gasteiger partial charge is 0.272 e. The van der Waals surface area contributed by atoms with Gasteiger partial charge in [-0.3, -0.25) is 14.2 Å². The van der Waals surface area contributed by atoms with E-state index in [2.05, 4.69) is 10.3 Å². The zero-order chi connectivity index (χ0) is 19.2. The lowest BCUT2D eigenvalue weighted by atomic mass is 10.2. The molecular formula is C18H18ClN3O3S2. The van der Waals surface area contributed by atoms with E-state index >= 15 is 0 Å². The van der Waals surface area contributed by atoms with Crippen LogP contribution in [0.5, 0.6) is 0 Å². The van der Waals surface area contributed by atoms with E-state index < -0.39 is 0 Å². The molecule has 1 aromatic carbocycles. The lowest BCUT2D eigenvalue weighted by molar-refractivity contribution is -0.118. The minimum absolute atomic E-state index is 0.106. The molecule has 0 spiro atoms. The van der Waals surface area contributed by atoms with Crippen LogP contribution in [0, 0.1) is 0 Å². The molecule has 1 N–H and O–H groups in total. The fraction of sp³-hybridized carbons (Fsp3) is 0.278. The van der Waals surface area contributed by atoms with Gasteiger partial charge in [-0.05, 0) is 23.1 Å². The summed E-state index contributed by atoms with van der Waals surface area (Å²) in [5.41, 5.74) is 1.40. The Bertz CT molecular complexity index is 1000. The number of halogens is 1. The highest BCUT2D eigenvalue weighted by atomic mass is 35.5. The Balaban J connectivity index is 1.69. The SMILES string of the molecule is COCCn1c(SCC(=O)NCc2ccccc2Cl)nc2ccsc2c1=O. The summed E-state index contributed by atoms with van der Waals surface area (Å²) in [4.78, 5) is 29.4. The van der Waals surface area contributed by atoms with Crippen molar-refractivity contribution in [1.29, 1.82) is 0 Å². The summed E-state index contributed by atoms with van der Waals surface area (Å²) < 4.78 is 7.26. The molecule has 0 saturated carbocycles. The average Bonchev–Trinajstić information content (AvgIpc) is 3.14. The first-order valence-electron chi connectivity index (χ1n) is 8.20. The van der Waals surface area contributed by atoms with Crippen molar-refractivity contribution >= 4 is 50.8 Å². The zero-order valence-corrected chi connectivity index (χ0v) is 17.0. The van der Waals surface area contributed by atoms with Crippen molar-refractivity contribution in [2.24, 2.45) is 0 Å². The number of nitrogens with zero attached hydrogens (tertiary/aromatic N) is 2. The number of hydrogen-bond donors (Lipinski definition) is 1. The van der Waals surface area contributed by atoms with Crippen LogP contribution in [0.4, 0.5) is 0 Å². The molecule has 0 radical (unpaired) electrons. The first kappa shape index (κ1) is 19.9. The summed E-state index contributed by atoms with van der Waals surface area (Å²) in [6, 6.07) is 9.17. The maximum Gasteiger partial charge on any atom is 0.272 e. The first-order chi connectivity index (χ1) is 13.1. The lowest BCUT2D eigenvalue weighted by Gasteiger charge is -2.11. The van der Waals surface area contributed by atoms with Gasteiger partial charge in [0.25, 0.3) is 5.56 Å². The molecule has 0 aliphatic heterocycles. The molecule has 0 aliphatic carbocycles. The number of carbonyl (C=O) groups excluding carboxylic acids is 1. The van der Waals surface area contributed by atoms with Crippen molar-refractivity contribution < 1.29 is 9.53 Å². The van der Waals surface area contributed by atoms with Gasteiger partial charge >= 0.3 is 0 Å². The number of thiophene rings is 1. The number of rotatable bonds is 8. The molecule has 0 aliphatic rings. The number of thioether (sulfide) groups is 1. The maximum absolute atomic E-state index is 12.7. The first-order valence-corrected chi connectivity index (χ1v) is 10.4. The molecule has 2 aromatic heterocycles. The number of carbonyl (C=O) groups is 1. The predicted molar refractivity (Wildman–Crippen MR) is 110 cm³/mol. The van der Waals surface area contributed by atoms with Crippen LogP contribution in [-0.2, 0) is 22.6 Å². The normalized spacial score (nSPS) is 11.0. The van der Waals surface area contributed by atoms with E-state index in [1.54, 1.807) is 17.7 Å². The molecule has 3 rings (SSSR count). The highest BCUT2D eigenvalue weighted by molar-refractivity contribution is 7.99. The molecule has 0 saturated heterocycles. The van der Waals surface area contributed by atoms with E-state index in [0.717, 1.165) is 5.56 Å². The van der Waals surface area contributed by atoms with Gasteiger partial charge in [0.1, 0.15) is 4.70 Å². The third kappa shape index (κ3) is 4.90. The van der Waals surface area contributed by atoms with Crippen molar-refractivity contribution in [3.63, 3.8) is 0 Å². The van der Waals surface area contributed by atoms with E-state index in [1.165, 1.54) is 23.1 Å². The molecule has 0 bridgehead atoms. The standard InChI is InChI=1S/C18H18ClN3O3S2/c1-25-8-7-22-17(24)16-14(6-9-26-16)21-18(22)27-11-15(23)20-10-12-4-2-3-5-13(12)19/h2-6,9H,7-8,10-11H2,1H3,(H,20,23). The van der Waals surface area contributed by atoms with Gasteiger partial charge < -0.3 is 10.1 Å². The molecule has 142 valence electrons. The number of ether oxygens (including phenoxy) is 1. The fourth-order valence-electron chi connectivity index (χ4n) is 2.43. The van der Waals surface area contributed by atoms with Crippen LogP contribution in [0.15, 0.2) is 45.7 Å². The van der Waals surface area contributed by atoms with Crippen molar-refractivity contribution in [2.45, 2.75) is 18.2 Å². The van der Waals surface area contributed by atoms with E-state index in [4.69, 9.17) is 16.3 Å². The third-order valence-corrected chi connectivity index (χ3v) is 6.05. The zero-order valence-electron chi connectivity index (χ0n) is 14.6. The molecule has 0 atom stereocenters. The lowest BCUT2D eigenvalue weighted by Crippen LogP contribution is -2.27. The average molecular weight is 424 g/mol. The maximum atomic E-state index is 12.7. The van der Waals surface area contributed by atoms with Crippen LogP contribution in [0.2, 0.25) is 5.02 Å². The molecule has 0 fully saturated rings. The van der Waals surface area contributed by atoms with Crippen molar-refractivity contribution in [3.8, 4) is 0 Å². The van der Waals surface area contributed by atoms with E-state index in [0.29, 0.717) is 40.1 Å². The van der Waals surface area contributed by atoms with Crippen molar-refractivity contribution in [2.75, 3.05) is 19.5 Å². The Hall–Kier alpha value is -1.87. The molecule has 3 aromatic rings. The molecule has 27 heavy (non-hydrogen) atoms. The number of hydrogen-bond acceptors (Lipinski definition) is 6. The summed E-state index contributed by atoms with van der Waals surface area (Å²) in [5.74, 6) is -0.00244. The molecule has 6 nitrogen and oxygen atoms in total. The van der Waals surface area contributed by atoms with Crippen LogP contribution in [0.3, 0.4) is 0 Å². The van der Waals surface area contributed by atoms with Crippen LogP contribution in [0.1, 0.15) is 5.56 Å². The molecule has 2 heterocycles. The monoisotopic (exact) mass is 423 g/mol. The number of methoxy groups -OCH3 is 1. The highest BCUT2D eigenvalue weighted by Crippen LogP contribution is 2.21. The Morgan fingerprint density at radius 3 is 2.96 bits per heavy atom. The summed E-state index contributed by atoms with van der Waals surface area (Å²) in [7, 11) is 1.58. The van der Waals surface area contributed by atoms with E-state index in [1.807, 2.05) is 29.6 Å². The summed E-state index contributed by atoms with van der Waals surface area (Å²) >= 11 is 8.69. The predicted octanol–water partition coefficient (Wildman–Crippen LogP) is 3.17. The van der Waals surface area contributed by atoms with Gasteiger partial charge in [0.05, 0.1) is 24.4 Å². The van der Waals surface area contributed by atoms with Crippen LogP contribution >= 0.6 is 34.7 Å². The minimum Gasteiger partial charge on any atom is -0.383 e. The van der Waals surface area contributed by atoms with Crippen LogP contribution in [0.25, 0.3) is 10.2 Å². The van der Waals surface area contributed by atoms with Crippen LogP contribution < -0.4 is 10.9 Å².